The third kappa shape index (κ3) is 6.03. The number of nitrogens with zero attached hydrogens (tertiary/aromatic N) is 9. The van der Waals surface area contributed by atoms with Crippen molar-refractivity contribution in [3.8, 4) is 0 Å². The second-order valence-electron chi connectivity index (χ2n) is 6.48. The largest absolute Gasteiger partial charge is 0.265 e. The molecule has 9 nitrogen and oxygen atoms in total. The van der Waals surface area contributed by atoms with E-state index < -0.39 is 6.49 Å². The summed E-state index contributed by atoms with van der Waals surface area (Å²) >= 11 is 6.10. The van der Waals surface area contributed by atoms with Gasteiger partial charge in [-0.2, -0.15) is 15.3 Å². The zero-order chi connectivity index (χ0) is 22.8. The van der Waals surface area contributed by atoms with Crippen molar-refractivity contribution < 1.29 is 0 Å². The van der Waals surface area contributed by atoms with Crippen molar-refractivity contribution in [2.45, 2.75) is 0 Å². The van der Waals surface area contributed by atoms with Gasteiger partial charge in [-0.15, -0.1) is 0 Å². The monoisotopic (exact) mass is 465 g/mol. The fraction of sp³-hybridized carbons (Fsp3) is 0.143. The summed E-state index contributed by atoms with van der Waals surface area (Å²) in [6, 6.07) is 16.9. The molecule has 0 fully saturated rings. The number of hydrogen-bond acceptors (Lipinski definition) is 7. The fourth-order valence-electron chi connectivity index (χ4n) is 2.55. The van der Waals surface area contributed by atoms with E-state index >= 15 is 0 Å². The maximum atomic E-state index is 6.10. The molecule has 11 heteroatoms. The van der Waals surface area contributed by atoms with Crippen LogP contribution in [0.15, 0.2) is 88.5 Å². The van der Waals surface area contributed by atoms with Gasteiger partial charge in [0.15, 0.2) is 0 Å². The summed E-state index contributed by atoms with van der Waals surface area (Å²) in [5.74, 6) is 0. The molecule has 164 valence electrons. The van der Waals surface area contributed by atoms with Gasteiger partial charge in [0, 0.05) is 39.7 Å². The number of aromatic nitrogens is 3. The minimum atomic E-state index is -2.75. The highest BCUT2D eigenvalue weighted by Gasteiger charge is 2.32. The van der Waals surface area contributed by atoms with Crippen molar-refractivity contribution in [2.24, 2.45) is 15.3 Å². The smallest absolute Gasteiger partial charge is 0.255 e. The molecule has 0 aromatic carbocycles. The van der Waals surface area contributed by atoms with E-state index in [-0.39, 0.29) is 0 Å². The molecule has 0 saturated carbocycles. The highest BCUT2D eigenvalue weighted by Crippen LogP contribution is 2.55. The zero-order valence-corrected chi connectivity index (χ0v) is 19.8. The lowest BCUT2D eigenvalue weighted by molar-refractivity contribution is 0.417. The second kappa shape index (κ2) is 11.2. The Kier molecular flexibility index (Phi) is 8.13. The zero-order valence-electron chi connectivity index (χ0n) is 18.0. The molecule has 0 amide bonds. The first-order valence-corrected chi connectivity index (χ1v) is 12.3. The van der Waals surface area contributed by atoms with Crippen molar-refractivity contribution in [3.05, 3.63) is 90.3 Å². The van der Waals surface area contributed by atoms with Crippen LogP contribution in [0.3, 0.4) is 0 Å². The highest BCUT2D eigenvalue weighted by molar-refractivity contribution is 8.11. The van der Waals surface area contributed by atoms with Crippen LogP contribution in [0.5, 0.6) is 0 Å². The van der Waals surface area contributed by atoms with E-state index in [1.165, 1.54) is 0 Å². The Labute approximate surface area is 193 Å². The standard InChI is InChI=1S/C21H24N9PS/c1-28(25-16-19-10-4-7-13-22-19)31(32,29(2)26-17-20-11-5-8-14-23-20)30(3)27-18-21-12-6-9-15-24-21/h4-18H,1-3H3/b25-16-,26-17+,27-18+. The van der Waals surface area contributed by atoms with Gasteiger partial charge >= 0.3 is 0 Å². The maximum Gasteiger partial charge on any atom is 0.265 e. The highest BCUT2D eigenvalue weighted by atomic mass is 32.4. The predicted molar refractivity (Wildman–Crippen MR) is 133 cm³/mol. The lowest BCUT2D eigenvalue weighted by atomic mass is 10.4. The molecule has 0 N–H and O–H groups in total. The Morgan fingerprint density at radius 1 is 0.625 bits per heavy atom. The van der Waals surface area contributed by atoms with Crippen LogP contribution < -0.4 is 0 Å². The van der Waals surface area contributed by atoms with E-state index in [2.05, 4.69) is 30.3 Å². The molecule has 3 aromatic heterocycles. The van der Waals surface area contributed by atoms with Crippen molar-refractivity contribution >= 4 is 36.9 Å². The van der Waals surface area contributed by atoms with Crippen LogP contribution in [0.4, 0.5) is 0 Å². The van der Waals surface area contributed by atoms with Crippen LogP contribution in [-0.2, 0) is 11.8 Å². The van der Waals surface area contributed by atoms with Gasteiger partial charge < -0.3 is 0 Å². The van der Waals surface area contributed by atoms with Crippen molar-refractivity contribution in [1.82, 2.24) is 29.3 Å². The molecule has 0 bridgehead atoms. The molecule has 0 radical (unpaired) electrons. The minimum Gasteiger partial charge on any atom is -0.255 e. The molecule has 0 atom stereocenters. The van der Waals surface area contributed by atoms with Crippen LogP contribution in [0, 0.1) is 0 Å². The van der Waals surface area contributed by atoms with Gasteiger partial charge in [-0.1, -0.05) is 18.2 Å². The summed E-state index contributed by atoms with van der Waals surface area (Å²) in [5.41, 5.74) is 2.17. The third-order valence-corrected chi connectivity index (χ3v) is 8.96. The molecule has 3 aromatic rings. The van der Waals surface area contributed by atoms with E-state index in [1.807, 2.05) is 54.6 Å². The number of hydrogen-bond donors (Lipinski definition) is 0. The molecule has 3 heterocycles. The van der Waals surface area contributed by atoms with E-state index in [1.54, 1.807) is 72.7 Å². The first kappa shape index (κ1) is 23.2. The van der Waals surface area contributed by atoms with Crippen molar-refractivity contribution in [3.63, 3.8) is 0 Å². The van der Waals surface area contributed by atoms with Crippen LogP contribution in [0.2, 0.25) is 0 Å². The summed E-state index contributed by atoms with van der Waals surface area (Å²) in [7, 11) is 5.42. The summed E-state index contributed by atoms with van der Waals surface area (Å²) < 4.78 is 5.09. The Balaban J connectivity index is 1.89. The molecule has 0 spiro atoms. The van der Waals surface area contributed by atoms with Gasteiger partial charge in [-0.05, 0) is 48.2 Å². The van der Waals surface area contributed by atoms with Gasteiger partial charge in [-0.25, -0.2) is 14.3 Å². The van der Waals surface area contributed by atoms with Gasteiger partial charge in [0.1, 0.15) is 0 Å². The molecule has 0 unspecified atom stereocenters. The van der Waals surface area contributed by atoms with Gasteiger partial charge in [-0.3, -0.25) is 15.0 Å². The van der Waals surface area contributed by atoms with E-state index in [0.29, 0.717) is 0 Å². The number of pyridine rings is 3. The molecule has 0 aliphatic heterocycles. The normalized spacial score (nSPS) is 12.0. The van der Waals surface area contributed by atoms with Crippen LogP contribution in [-0.4, -0.2) is 69.1 Å². The van der Waals surface area contributed by atoms with Gasteiger partial charge in [0.2, 0.25) is 0 Å². The molecular formula is C21H24N9PS. The lowest BCUT2D eigenvalue weighted by Crippen LogP contribution is -2.29. The SMILES string of the molecule is CN(/N=C\c1ccccn1)P(=S)(N(C)/N=C/c1ccccn1)N(C)/N=C/c1ccccn1. The summed E-state index contributed by atoms with van der Waals surface area (Å²) in [4.78, 5) is 12.8. The first-order valence-electron chi connectivity index (χ1n) is 9.68. The molecule has 0 saturated heterocycles. The van der Waals surface area contributed by atoms with Crippen LogP contribution >= 0.6 is 6.49 Å². The molecular weight excluding hydrogens is 441 g/mol. The van der Waals surface area contributed by atoms with Crippen molar-refractivity contribution in [2.75, 3.05) is 21.1 Å². The topological polar surface area (TPSA) is 85.5 Å². The van der Waals surface area contributed by atoms with E-state index in [0.717, 1.165) is 17.1 Å². The molecule has 0 aliphatic carbocycles. The van der Waals surface area contributed by atoms with Gasteiger partial charge in [0.05, 0.1) is 35.7 Å². The average Bonchev–Trinajstić information content (AvgIpc) is 2.85. The average molecular weight is 466 g/mol. The first-order chi connectivity index (χ1) is 15.5. The van der Waals surface area contributed by atoms with Crippen molar-refractivity contribution in [1.29, 1.82) is 0 Å². The number of rotatable bonds is 9. The van der Waals surface area contributed by atoms with Crippen LogP contribution in [0.1, 0.15) is 17.1 Å². The number of hydrazone groups is 3. The predicted octanol–water partition coefficient (Wildman–Crippen LogP) is 3.29. The maximum absolute atomic E-state index is 6.10. The van der Waals surface area contributed by atoms with Crippen LogP contribution in [0.25, 0.3) is 0 Å². The van der Waals surface area contributed by atoms with E-state index in [4.69, 9.17) is 11.8 Å². The molecule has 32 heavy (non-hydrogen) atoms. The molecule has 0 aliphatic rings. The molecule has 3 rings (SSSR count). The Morgan fingerprint density at radius 3 is 1.19 bits per heavy atom. The minimum absolute atomic E-state index is 0.722. The van der Waals surface area contributed by atoms with E-state index in [9.17, 15) is 0 Å². The second-order valence-corrected chi connectivity index (χ2v) is 10.7. The fourth-order valence-corrected chi connectivity index (χ4v) is 4.61. The Morgan fingerprint density at radius 2 is 0.938 bits per heavy atom. The Hall–Kier alpha value is -3.49. The summed E-state index contributed by atoms with van der Waals surface area (Å²) in [5, 5.41) is 13.6. The quantitative estimate of drug-likeness (QED) is 0.272. The summed E-state index contributed by atoms with van der Waals surface area (Å²) in [6.07, 6.45) is 10.1. The summed E-state index contributed by atoms with van der Waals surface area (Å²) in [6.45, 7) is -2.75. The lowest BCUT2D eigenvalue weighted by Gasteiger charge is -2.39. The van der Waals surface area contributed by atoms with Gasteiger partial charge in [0.25, 0.3) is 6.49 Å². The Bertz CT molecular complexity index is 966. The third-order valence-electron chi connectivity index (χ3n) is 4.27.